The van der Waals surface area contributed by atoms with Gasteiger partial charge in [-0.3, -0.25) is 9.10 Å². The van der Waals surface area contributed by atoms with Crippen molar-refractivity contribution in [3.05, 3.63) is 82.9 Å². The molecule has 1 N–H and O–H groups in total. The fourth-order valence-electron chi connectivity index (χ4n) is 3.92. The summed E-state index contributed by atoms with van der Waals surface area (Å²) >= 11 is 6.32. The Labute approximate surface area is 224 Å². The molecule has 0 aliphatic carbocycles. The molecule has 198 valence electrons. The Morgan fingerprint density at radius 3 is 2.16 bits per heavy atom. The molecule has 7 nitrogen and oxygen atoms in total. The first-order chi connectivity index (χ1) is 17.5. The minimum atomic E-state index is -4.08. The van der Waals surface area contributed by atoms with E-state index in [-0.39, 0.29) is 21.6 Å². The zero-order valence-electron chi connectivity index (χ0n) is 21.7. The van der Waals surface area contributed by atoms with Gasteiger partial charge in [-0.1, -0.05) is 55.3 Å². The molecule has 0 saturated carbocycles. The van der Waals surface area contributed by atoms with Crippen LogP contribution in [-0.2, 0) is 14.8 Å². The molecule has 0 aliphatic rings. The molecule has 1 unspecified atom stereocenters. The monoisotopic (exact) mass is 544 g/mol. The van der Waals surface area contributed by atoms with Gasteiger partial charge in [0.15, 0.2) is 0 Å². The highest BCUT2D eigenvalue weighted by Crippen LogP contribution is 2.32. The van der Waals surface area contributed by atoms with Crippen LogP contribution in [0.3, 0.4) is 0 Å². The zero-order valence-corrected chi connectivity index (χ0v) is 23.3. The number of anilines is 1. The first-order valence-electron chi connectivity index (χ1n) is 11.9. The number of rotatable bonds is 11. The van der Waals surface area contributed by atoms with E-state index in [1.165, 1.54) is 25.3 Å². The SMILES string of the molecule is COc1ccc(C(CC(C)C)NC(=O)CN(c2ccc(OC)c(Cl)c2)S(=O)(=O)c2ccc(C)cc2)cc1. The number of methoxy groups -OCH3 is 2. The molecular formula is C28H33ClN2O5S. The van der Waals surface area contributed by atoms with Gasteiger partial charge in [-0.05, 0) is 67.3 Å². The summed E-state index contributed by atoms with van der Waals surface area (Å²) in [5.74, 6) is 0.966. The number of nitrogens with zero attached hydrogens (tertiary/aromatic N) is 1. The van der Waals surface area contributed by atoms with Crippen LogP contribution in [0, 0.1) is 12.8 Å². The Morgan fingerprint density at radius 1 is 0.973 bits per heavy atom. The van der Waals surface area contributed by atoms with E-state index in [2.05, 4.69) is 19.2 Å². The van der Waals surface area contributed by atoms with Crippen LogP contribution in [-0.4, -0.2) is 35.1 Å². The van der Waals surface area contributed by atoms with E-state index in [0.29, 0.717) is 23.8 Å². The van der Waals surface area contributed by atoms with E-state index in [9.17, 15) is 13.2 Å². The second kappa shape index (κ2) is 12.3. The molecule has 0 saturated heterocycles. The molecule has 0 fully saturated rings. The van der Waals surface area contributed by atoms with E-state index in [1.54, 1.807) is 31.4 Å². The first-order valence-corrected chi connectivity index (χ1v) is 13.7. The number of halogens is 1. The molecule has 0 radical (unpaired) electrons. The Morgan fingerprint density at radius 2 is 1.62 bits per heavy atom. The molecule has 1 amide bonds. The van der Waals surface area contributed by atoms with Crippen LogP contribution in [0.1, 0.15) is 37.4 Å². The van der Waals surface area contributed by atoms with Crippen molar-refractivity contribution in [1.29, 1.82) is 0 Å². The van der Waals surface area contributed by atoms with Gasteiger partial charge in [0.2, 0.25) is 5.91 Å². The fourth-order valence-corrected chi connectivity index (χ4v) is 5.58. The summed E-state index contributed by atoms with van der Waals surface area (Å²) in [4.78, 5) is 13.4. The average Bonchev–Trinajstić information content (AvgIpc) is 2.87. The van der Waals surface area contributed by atoms with E-state index >= 15 is 0 Å². The van der Waals surface area contributed by atoms with E-state index in [1.807, 2.05) is 31.2 Å². The van der Waals surface area contributed by atoms with Crippen molar-refractivity contribution in [2.75, 3.05) is 25.1 Å². The summed E-state index contributed by atoms with van der Waals surface area (Å²) in [5, 5.41) is 3.27. The van der Waals surface area contributed by atoms with Gasteiger partial charge in [0.25, 0.3) is 10.0 Å². The predicted octanol–water partition coefficient (Wildman–Crippen LogP) is 5.76. The highest BCUT2D eigenvalue weighted by Gasteiger charge is 2.29. The number of amides is 1. The number of aryl methyl sites for hydroxylation is 1. The van der Waals surface area contributed by atoms with Gasteiger partial charge < -0.3 is 14.8 Å². The molecule has 3 aromatic carbocycles. The van der Waals surface area contributed by atoms with Crippen LogP contribution < -0.4 is 19.1 Å². The lowest BCUT2D eigenvalue weighted by atomic mass is 9.97. The fraction of sp³-hybridized carbons (Fsp3) is 0.321. The Bertz CT molecular complexity index is 1310. The topological polar surface area (TPSA) is 84.9 Å². The normalized spacial score (nSPS) is 12.2. The molecule has 3 rings (SSSR count). The van der Waals surface area contributed by atoms with Gasteiger partial charge in [0.05, 0.1) is 35.9 Å². The Balaban J connectivity index is 1.95. The maximum Gasteiger partial charge on any atom is 0.264 e. The van der Waals surface area contributed by atoms with Gasteiger partial charge in [-0.2, -0.15) is 0 Å². The maximum atomic E-state index is 13.7. The first kappa shape index (κ1) is 28.3. The van der Waals surface area contributed by atoms with Crippen LogP contribution >= 0.6 is 11.6 Å². The quantitative estimate of drug-likeness (QED) is 0.331. The molecular weight excluding hydrogens is 512 g/mol. The van der Waals surface area contributed by atoms with Crippen molar-refractivity contribution >= 4 is 33.2 Å². The number of ether oxygens (including phenoxy) is 2. The van der Waals surface area contributed by atoms with Crippen molar-refractivity contribution in [2.24, 2.45) is 5.92 Å². The third-order valence-electron chi connectivity index (χ3n) is 5.88. The molecule has 3 aromatic rings. The summed E-state index contributed by atoms with van der Waals surface area (Å²) in [5.41, 5.74) is 2.08. The van der Waals surface area contributed by atoms with Gasteiger partial charge in [-0.25, -0.2) is 8.42 Å². The summed E-state index contributed by atoms with van der Waals surface area (Å²) in [6.45, 7) is 5.58. The van der Waals surface area contributed by atoms with Crippen LogP contribution in [0.2, 0.25) is 5.02 Å². The molecule has 0 spiro atoms. The third kappa shape index (κ3) is 7.17. The molecule has 37 heavy (non-hydrogen) atoms. The van der Waals surface area contributed by atoms with Crippen molar-refractivity contribution in [3.63, 3.8) is 0 Å². The zero-order chi connectivity index (χ0) is 27.2. The minimum absolute atomic E-state index is 0.0757. The largest absolute Gasteiger partial charge is 0.497 e. The number of hydrogen-bond donors (Lipinski definition) is 1. The lowest BCUT2D eigenvalue weighted by Crippen LogP contribution is -2.42. The van der Waals surface area contributed by atoms with Crippen LogP contribution in [0.25, 0.3) is 0 Å². The van der Waals surface area contributed by atoms with Crippen molar-refractivity contribution in [3.8, 4) is 11.5 Å². The standard InChI is InChI=1S/C28H33ClN2O5S/c1-19(2)16-26(21-8-11-23(35-4)12-9-21)30-28(32)18-31(22-10-15-27(36-5)25(29)17-22)37(33,34)24-13-6-20(3)7-14-24/h6-15,17,19,26H,16,18H2,1-5H3,(H,30,32). The summed E-state index contributed by atoms with van der Waals surface area (Å²) in [6.07, 6.45) is 0.678. The second-order valence-electron chi connectivity index (χ2n) is 9.17. The highest BCUT2D eigenvalue weighted by molar-refractivity contribution is 7.92. The number of sulfonamides is 1. The number of nitrogens with one attached hydrogen (secondary N) is 1. The number of hydrogen-bond acceptors (Lipinski definition) is 5. The number of carbonyl (C=O) groups is 1. The maximum absolute atomic E-state index is 13.7. The van der Waals surface area contributed by atoms with Crippen LogP contribution in [0.5, 0.6) is 11.5 Å². The molecule has 0 bridgehead atoms. The van der Waals surface area contributed by atoms with Gasteiger partial charge >= 0.3 is 0 Å². The summed E-state index contributed by atoms with van der Waals surface area (Å²) in [6, 6.07) is 18.3. The minimum Gasteiger partial charge on any atom is -0.497 e. The average molecular weight is 545 g/mol. The van der Waals surface area contributed by atoms with E-state index in [4.69, 9.17) is 21.1 Å². The highest BCUT2D eigenvalue weighted by atomic mass is 35.5. The molecule has 0 aromatic heterocycles. The summed E-state index contributed by atoms with van der Waals surface area (Å²) < 4.78 is 38.9. The van der Waals surface area contributed by atoms with E-state index < -0.39 is 22.5 Å². The lowest BCUT2D eigenvalue weighted by Gasteiger charge is -2.27. The Kier molecular flexibility index (Phi) is 9.45. The number of carbonyl (C=O) groups excluding carboxylic acids is 1. The van der Waals surface area contributed by atoms with Crippen LogP contribution in [0.4, 0.5) is 5.69 Å². The van der Waals surface area contributed by atoms with Crippen molar-refractivity contribution < 1.29 is 22.7 Å². The molecule has 0 aliphatic heterocycles. The van der Waals surface area contributed by atoms with Gasteiger partial charge in [0, 0.05) is 0 Å². The molecule has 9 heteroatoms. The lowest BCUT2D eigenvalue weighted by molar-refractivity contribution is -0.120. The van der Waals surface area contributed by atoms with E-state index in [0.717, 1.165) is 15.4 Å². The number of benzene rings is 3. The van der Waals surface area contributed by atoms with Crippen molar-refractivity contribution in [2.45, 2.75) is 38.1 Å². The smallest absolute Gasteiger partial charge is 0.264 e. The Hall–Kier alpha value is -3.23. The summed E-state index contributed by atoms with van der Waals surface area (Å²) in [7, 11) is -1.01. The second-order valence-corrected chi connectivity index (χ2v) is 11.4. The van der Waals surface area contributed by atoms with Gasteiger partial charge in [0.1, 0.15) is 18.0 Å². The third-order valence-corrected chi connectivity index (χ3v) is 7.96. The molecule has 1 atom stereocenters. The predicted molar refractivity (Wildman–Crippen MR) is 147 cm³/mol. The molecule has 0 heterocycles. The van der Waals surface area contributed by atoms with Crippen LogP contribution in [0.15, 0.2) is 71.6 Å². The van der Waals surface area contributed by atoms with Gasteiger partial charge in [-0.15, -0.1) is 0 Å². The van der Waals surface area contributed by atoms with Crippen molar-refractivity contribution in [1.82, 2.24) is 5.32 Å².